The second-order valence-electron chi connectivity index (χ2n) is 10.7. The maximum atomic E-state index is 3.23. The normalized spacial score (nSPS) is 29.2. The van der Waals surface area contributed by atoms with Gasteiger partial charge >= 0.3 is 0 Å². The van der Waals surface area contributed by atoms with Gasteiger partial charge in [0.15, 0.2) is 0 Å². The van der Waals surface area contributed by atoms with Crippen molar-refractivity contribution in [1.82, 2.24) is 0 Å². The summed E-state index contributed by atoms with van der Waals surface area (Å²) in [6.07, 6.45) is 4.36. The van der Waals surface area contributed by atoms with Crippen LogP contribution in [0.25, 0.3) is 0 Å². The van der Waals surface area contributed by atoms with Gasteiger partial charge in [0.25, 0.3) is 0 Å². The summed E-state index contributed by atoms with van der Waals surface area (Å²) in [4.78, 5) is 0. The highest BCUT2D eigenvalue weighted by Crippen LogP contribution is 2.62. The molecule has 1 rings (SSSR count). The zero-order chi connectivity index (χ0) is 17.5. The molecule has 22 heavy (non-hydrogen) atoms. The van der Waals surface area contributed by atoms with E-state index in [4.69, 9.17) is 0 Å². The first-order valence-corrected chi connectivity index (χ1v) is 11.4. The fourth-order valence-electron chi connectivity index (χ4n) is 4.55. The highest BCUT2D eigenvalue weighted by Gasteiger charge is 2.44. The van der Waals surface area contributed by atoms with Gasteiger partial charge in [-0.05, 0) is 51.7 Å². The maximum absolute atomic E-state index is 3.23. The Balaban J connectivity index is 2.99. The van der Waals surface area contributed by atoms with E-state index in [-0.39, 0.29) is 7.92 Å². The highest BCUT2D eigenvalue weighted by atomic mass is 31.1. The monoisotopic (exact) mass is 344 g/mol. The van der Waals surface area contributed by atoms with E-state index in [9.17, 15) is 0 Å². The fourth-order valence-corrected chi connectivity index (χ4v) is 9.25. The van der Waals surface area contributed by atoms with Crippen LogP contribution in [0.1, 0.15) is 82.1 Å². The molecule has 0 heterocycles. The molecular weight excluding hydrogens is 302 g/mol. The largest absolute Gasteiger partial charge is 0.134 e. The van der Waals surface area contributed by atoms with Crippen molar-refractivity contribution in [3.8, 4) is 0 Å². The molecule has 0 amide bonds. The van der Waals surface area contributed by atoms with Gasteiger partial charge in [-0.3, -0.25) is 0 Å². The molecule has 5 unspecified atom stereocenters. The summed E-state index contributed by atoms with van der Waals surface area (Å²) in [5.41, 5.74) is 1.14. The Kier molecular flexibility index (Phi) is 6.65. The van der Waals surface area contributed by atoms with Crippen LogP contribution in [-0.4, -0.2) is 22.1 Å². The van der Waals surface area contributed by atoms with Crippen LogP contribution in [-0.2, 0) is 0 Å². The first-order chi connectivity index (χ1) is 9.65. The SMILES string of the molecule is CC1CCC(CP(C(C)(C)C)C(C)(C)C)C1C(P)C(C)(C)C. The highest BCUT2D eigenvalue weighted by molar-refractivity contribution is 7.60. The van der Waals surface area contributed by atoms with E-state index in [2.05, 4.69) is 78.5 Å². The topological polar surface area (TPSA) is 0 Å². The summed E-state index contributed by atoms with van der Waals surface area (Å²) >= 11 is 0. The van der Waals surface area contributed by atoms with Crippen molar-refractivity contribution in [1.29, 1.82) is 0 Å². The van der Waals surface area contributed by atoms with E-state index in [1.807, 2.05) is 0 Å². The molecule has 2 heteroatoms. The third kappa shape index (κ3) is 5.18. The zero-order valence-corrected chi connectivity index (χ0v) is 19.0. The van der Waals surface area contributed by atoms with Crippen LogP contribution < -0.4 is 0 Å². The maximum Gasteiger partial charge on any atom is -0.0175 e. The van der Waals surface area contributed by atoms with Crippen LogP contribution in [0.3, 0.4) is 0 Å². The van der Waals surface area contributed by atoms with Gasteiger partial charge in [0.2, 0.25) is 0 Å². The third-order valence-electron chi connectivity index (χ3n) is 5.65. The van der Waals surface area contributed by atoms with Crippen LogP contribution in [0, 0.1) is 23.2 Å². The number of hydrogen-bond donors (Lipinski definition) is 0. The second kappa shape index (κ2) is 7.00. The molecule has 0 saturated heterocycles. The summed E-state index contributed by atoms with van der Waals surface area (Å²) in [5.74, 6) is 2.71. The Morgan fingerprint density at radius 1 is 0.909 bits per heavy atom. The molecule has 0 spiro atoms. The van der Waals surface area contributed by atoms with E-state index in [1.165, 1.54) is 19.0 Å². The Morgan fingerprint density at radius 2 is 1.36 bits per heavy atom. The minimum absolute atomic E-state index is 0.0307. The van der Waals surface area contributed by atoms with Crippen molar-refractivity contribution < 1.29 is 0 Å². The number of hydrogen-bond acceptors (Lipinski definition) is 0. The molecule has 0 nitrogen and oxygen atoms in total. The summed E-state index contributed by atoms with van der Waals surface area (Å²) in [5, 5.41) is 0.921. The Hall–Kier alpha value is 0.860. The van der Waals surface area contributed by atoms with Gasteiger partial charge < -0.3 is 0 Å². The van der Waals surface area contributed by atoms with Crippen molar-refractivity contribution in [3.05, 3.63) is 0 Å². The molecule has 1 aliphatic carbocycles. The molecule has 1 saturated carbocycles. The second-order valence-corrected chi connectivity index (χ2v) is 15.4. The average Bonchev–Trinajstić information content (AvgIpc) is 2.61. The predicted molar refractivity (Wildman–Crippen MR) is 110 cm³/mol. The predicted octanol–water partition coefficient (Wildman–Crippen LogP) is 7.02. The Bertz CT molecular complexity index is 339. The van der Waals surface area contributed by atoms with Gasteiger partial charge in [-0.25, -0.2) is 0 Å². The van der Waals surface area contributed by atoms with E-state index in [0.717, 1.165) is 23.4 Å². The zero-order valence-electron chi connectivity index (χ0n) is 17.0. The molecule has 1 fully saturated rings. The molecule has 0 aromatic heterocycles. The lowest BCUT2D eigenvalue weighted by atomic mass is 9.76. The van der Waals surface area contributed by atoms with Crippen LogP contribution in [0.15, 0.2) is 0 Å². The van der Waals surface area contributed by atoms with Gasteiger partial charge in [-0.1, -0.05) is 83.6 Å². The fraction of sp³-hybridized carbons (Fsp3) is 1.00. The molecule has 0 aliphatic heterocycles. The van der Waals surface area contributed by atoms with Gasteiger partial charge in [0.05, 0.1) is 0 Å². The van der Waals surface area contributed by atoms with Crippen LogP contribution in [0.4, 0.5) is 0 Å². The minimum atomic E-state index is 0.0307. The molecule has 0 bridgehead atoms. The van der Waals surface area contributed by atoms with Crippen LogP contribution >= 0.6 is 17.2 Å². The summed E-state index contributed by atoms with van der Waals surface area (Å²) in [7, 11) is 3.26. The van der Waals surface area contributed by atoms with Gasteiger partial charge in [0.1, 0.15) is 0 Å². The van der Waals surface area contributed by atoms with Crippen molar-refractivity contribution >= 4 is 17.2 Å². The third-order valence-corrected chi connectivity index (χ3v) is 11.2. The van der Waals surface area contributed by atoms with Crippen molar-refractivity contribution in [2.75, 3.05) is 6.16 Å². The van der Waals surface area contributed by atoms with E-state index in [0.29, 0.717) is 15.7 Å². The van der Waals surface area contributed by atoms with E-state index < -0.39 is 0 Å². The first-order valence-electron chi connectivity index (χ1n) is 9.19. The molecule has 0 N–H and O–H groups in total. The molecule has 1 aliphatic rings. The summed E-state index contributed by atoms with van der Waals surface area (Å²) in [6.45, 7) is 24.6. The van der Waals surface area contributed by atoms with E-state index in [1.54, 1.807) is 0 Å². The number of rotatable bonds is 3. The van der Waals surface area contributed by atoms with Gasteiger partial charge in [-0.2, -0.15) is 0 Å². The Labute approximate surface area is 144 Å². The molecule has 0 aromatic rings. The Morgan fingerprint density at radius 3 is 1.73 bits per heavy atom. The quantitative estimate of drug-likeness (QED) is 0.483. The lowest BCUT2D eigenvalue weighted by Crippen LogP contribution is -2.36. The van der Waals surface area contributed by atoms with Crippen molar-refractivity contribution in [2.45, 2.75) is 98.1 Å². The van der Waals surface area contributed by atoms with Crippen LogP contribution in [0.5, 0.6) is 0 Å². The summed E-state index contributed by atoms with van der Waals surface area (Å²) in [6, 6.07) is 0. The van der Waals surface area contributed by atoms with Gasteiger partial charge in [-0.15, -0.1) is 9.24 Å². The van der Waals surface area contributed by atoms with Crippen LogP contribution in [0.2, 0.25) is 0 Å². The molecular formula is C20H42P2. The summed E-state index contributed by atoms with van der Waals surface area (Å²) < 4.78 is 0. The molecule has 5 atom stereocenters. The minimum Gasteiger partial charge on any atom is -0.134 e. The lowest BCUT2D eigenvalue weighted by Gasteiger charge is -2.45. The molecule has 132 valence electrons. The van der Waals surface area contributed by atoms with Gasteiger partial charge in [0, 0.05) is 0 Å². The standard InChI is InChI=1S/C20H42P2/c1-14-11-12-15(16(14)17(21)18(2,3)4)13-22(19(5,6)7)20(8,9)10/h14-17H,11-13,21H2,1-10H3. The lowest BCUT2D eigenvalue weighted by molar-refractivity contribution is 0.235. The molecule has 0 aromatic carbocycles. The average molecular weight is 345 g/mol. The van der Waals surface area contributed by atoms with Crippen molar-refractivity contribution in [3.63, 3.8) is 0 Å². The first kappa shape index (κ1) is 20.9. The smallest absolute Gasteiger partial charge is 0.0175 e. The molecule has 0 radical (unpaired) electrons. The van der Waals surface area contributed by atoms with E-state index >= 15 is 0 Å². The van der Waals surface area contributed by atoms with Crippen molar-refractivity contribution in [2.24, 2.45) is 23.2 Å².